The monoisotopic (exact) mass is 199 g/mol. The van der Waals surface area contributed by atoms with E-state index in [0.29, 0.717) is 5.92 Å². The fourth-order valence-electron chi connectivity index (χ4n) is 1.80. The van der Waals surface area contributed by atoms with Crippen molar-refractivity contribution >= 4 is 10.9 Å². The number of H-pyrrole nitrogens is 1. The lowest BCUT2D eigenvalue weighted by molar-refractivity contribution is 0.683. The predicted octanol–water partition coefficient (Wildman–Crippen LogP) is 3.92. The Morgan fingerprint density at radius 3 is 2.87 bits per heavy atom. The Labute approximate surface area is 90.8 Å². The van der Waals surface area contributed by atoms with E-state index in [9.17, 15) is 0 Å². The van der Waals surface area contributed by atoms with E-state index in [1.807, 2.05) is 0 Å². The van der Waals surface area contributed by atoms with Crippen LogP contribution in [0.5, 0.6) is 0 Å². The van der Waals surface area contributed by atoms with E-state index in [-0.39, 0.29) is 0 Å². The topological polar surface area (TPSA) is 15.8 Å². The van der Waals surface area contributed by atoms with Gasteiger partial charge in [0.25, 0.3) is 0 Å². The van der Waals surface area contributed by atoms with Crippen molar-refractivity contribution < 1.29 is 0 Å². The van der Waals surface area contributed by atoms with Crippen LogP contribution in [0.25, 0.3) is 10.9 Å². The number of benzene rings is 1. The summed E-state index contributed by atoms with van der Waals surface area (Å²) >= 11 is 0. The van der Waals surface area contributed by atoms with Crippen LogP contribution in [0, 0.1) is 5.92 Å². The van der Waals surface area contributed by atoms with E-state index in [4.69, 9.17) is 0 Å². The fraction of sp³-hybridized carbons (Fsp3) is 0.286. The van der Waals surface area contributed by atoms with Gasteiger partial charge >= 0.3 is 0 Å². The summed E-state index contributed by atoms with van der Waals surface area (Å²) in [4.78, 5) is 3.30. The molecule has 2 rings (SSSR count). The van der Waals surface area contributed by atoms with Crippen molar-refractivity contribution in [3.05, 3.63) is 48.2 Å². The van der Waals surface area contributed by atoms with Gasteiger partial charge in [-0.05, 0) is 30.9 Å². The molecule has 0 fully saturated rings. The van der Waals surface area contributed by atoms with E-state index >= 15 is 0 Å². The maximum atomic E-state index is 4.01. The number of hydrogen-bond donors (Lipinski definition) is 1. The summed E-state index contributed by atoms with van der Waals surface area (Å²) in [6.07, 6.45) is 3.18. The van der Waals surface area contributed by atoms with Crippen LogP contribution in [0.4, 0.5) is 0 Å². The number of aromatic amines is 1. The molecule has 1 heterocycles. The van der Waals surface area contributed by atoms with Crippen molar-refractivity contribution in [1.29, 1.82) is 0 Å². The molecule has 0 saturated carbocycles. The highest BCUT2D eigenvalue weighted by atomic mass is 14.7. The van der Waals surface area contributed by atoms with Gasteiger partial charge in [0.1, 0.15) is 0 Å². The summed E-state index contributed by atoms with van der Waals surface area (Å²) in [6.45, 7) is 8.33. The van der Waals surface area contributed by atoms with Crippen LogP contribution in [0.2, 0.25) is 0 Å². The molecule has 1 heteroatoms. The summed E-state index contributed by atoms with van der Waals surface area (Å²) < 4.78 is 0. The first-order valence-corrected chi connectivity index (χ1v) is 5.39. The minimum Gasteiger partial charge on any atom is -0.361 e. The number of para-hydroxylation sites is 1. The molecular weight excluding hydrogens is 182 g/mol. The second kappa shape index (κ2) is 3.93. The molecule has 78 valence electrons. The third kappa shape index (κ3) is 1.96. The molecule has 1 nitrogen and oxygen atoms in total. The molecule has 1 aromatic carbocycles. The first-order chi connectivity index (χ1) is 7.18. The molecule has 0 amide bonds. The van der Waals surface area contributed by atoms with Gasteiger partial charge in [-0.1, -0.05) is 37.3 Å². The first kappa shape index (κ1) is 10.0. The van der Waals surface area contributed by atoms with E-state index in [1.54, 1.807) is 0 Å². The van der Waals surface area contributed by atoms with Crippen LogP contribution in [0.15, 0.2) is 42.6 Å². The van der Waals surface area contributed by atoms with Crippen molar-refractivity contribution in [3.63, 3.8) is 0 Å². The van der Waals surface area contributed by atoms with E-state index in [0.717, 1.165) is 6.42 Å². The second-order valence-electron chi connectivity index (χ2n) is 4.31. The Morgan fingerprint density at radius 1 is 1.40 bits per heavy atom. The Kier molecular flexibility index (Phi) is 2.63. The third-order valence-electron chi connectivity index (χ3n) is 3.04. The van der Waals surface area contributed by atoms with Gasteiger partial charge in [-0.25, -0.2) is 0 Å². The molecule has 15 heavy (non-hydrogen) atoms. The Morgan fingerprint density at radius 2 is 2.13 bits per heavy atom. The zero-order chi connectivity index (χ0) is 10.8. The highest BCUT2D eigenvalue weighted by molar-refractivity contribution is 5.83. The normalized spacial score (nSPS) is 12.9. The maximum absolute atomic E-state index is 4.01. The number of aromatic nitrogens is 1. The SMILES string of the molecule is C=C(C)C(C)Cc1c[nH]c2ccccc12. The van der Waals surface area contributed by atoms with Crippen molar-refractivity contribution in [2.45, 2.75) is 20.3 Å². The summed E-state index contributed by atoms with van der Waals surface area (Å²) in [5.41, 5.74) is 3.86. The zero-order valence-electron chi connectivity index (χ0n) is 9.38. The third-order valence-corrected chi connectivity index (χ3v) is 3.04. The Bertz CT molecular complexity index is 479. The quantitative estimate of drug-likeness (QED) is 0.721. The van der Waals surface area contributed by atoms with Crippen molar-refractivity contribution in [1.82, 2.24) is 4.98 Å². The number of hydrogen-bond acceptors (Lipinski definition) is 0. The van der Waals surface area contributed by atoms with Crippen molar-refractivity contribution in [3.8, 4) is 0 Å². The van der Waals surface area contributed by atoms with Crippen LogP contribution < -0.4 is 0 Å². The highest BCUT2D eigenvalue weighted by Crippen LogP contribution is 2.22. The smallest absolute Gasteiger partial charge is 0.0456 e. The molecular formula is C14H17N. The average Bonchev–Trinajstić information content (AvgIpc) is 2.62. The number of rotatable bonds is 3. The molecule has 0 aliphatic heterocycles. The van der Waals surface area contributed by atoms with Gasteiger partial charge in [0.15, 0.2) is 0 Å². The molecule has 0 aliphatic rings. The Hall–Kier alpha value is -1.50. The fourth-order valence-corrected chi connectivity index (χ4v) is 1.80. The minimum absolute atomic E-state index is 0.546. The molecule has 1 aromatic heterocycles. The van der Waals surface area contributed by atoms with Gasteiger partial charge in [0.05, 0.1) is 0 Å². The van der Waals surface area contributed by atoms with Gasteiger partial charge in [-0.15, -0.1) is 0 Å². The molecule has 0 bridgehead atoms. The van der Waals surface area contributed by atoms with Crippen molar-refractivity contribution in [2.75, 3.05) is 0 Å². The lowest BCUT2D eigenvalue weighted by atomic mass is 9.95. The predicted molar refractivity (Wildman–Crippen MR) is 66.0 cm³/mol. The average molecular weight is 199 g/mol. The number of nitrogens with one attached hydrogen (secondary N) is 1. The van der Waals surface area contributed by atoms with Gasteiger partial charge in [-0.2, -0.15) is 0 Å². The van der Waals surface area contributed by atoms with E-state index < -0.39 is 0 Å². The molecule has 0 radical (unpaired) electrons. The summed E-state index contributed by atoms with van der Waals surface area (Å²) in [5.74, 6) is 0.546. The van der Waals surface area contributed by atoms with Crippen LogP contribution >= 0.6 is 0 Å². The van der Waals surface area contributed by atoms with Crippen LogP contribution in [0.1, 0.15) is 19.4 Å². The molecule has 2 aromatic rings. The van der Waals surface area contributed by atoms with Gasteiger partial charge in [0, 0.05) is 17.1 Å². The zero-order valence-corrected chi connectivity index (χ0v) is 9.38. The highest BCUT2D eigenvalue weighted by Gasteiger charge is 2.08. The standard InChI is InChI=1S/C14H17N/c1-10(2)11(3)8-12-9-15-14-7-5-4-6-13(12)14/h4-7,9,11,15H,1,8H2,2-3H3. The molecule has 1 unspecified atom stereocenters. The Balaban J connectivity index is 2.32. The molecule has 0 spiro atoms. The largest absolute Gasteiger partial charge is 0.361 e. The van der Waals surface area contributed by atoms with Crippen LogP contribution in [-0.2, 0) is 6.42 Å². The van der Waals surface area contributed by atoms with Crippen LogP contribution in [0.3, 0.4) is 0 Å². The molecule has 0 aliphatic carbocycles. The van der Waals surface area contributed by atoms with Gasteiger partial charge in [-0.3, -0.25) is 0 Å². The second-order valence-corrected chi connectivity index (χ2v) is 4.31. The first-order valence-electron chi connectivity index (χ1n) is 5.39. The lowest BCUT2D eigenvalue weighted by Gasteiger charge is -2.09. The van der Waals surface area contributed by atoms with Gasteiger partial charge < -0.3 is 4.98 Å². The minimum atomic E-state index is 0.546. The van der Waals surface area contributed by atoms with Gasteiger partial charge in [0.2, 0.25) is 0 Å². The molecule has 1 N–H and O–H groups in total. The number of allylic oxidation sites excluding steroid dienone is 1. The summed E-state index contributed by atoms with van der Waals surface area (Å²) in [7, 11) is 0. The number of fused-ring (bicyclic) bond motifs is 1. The summed E-state index contributed by atoms with van der Waals surface area (Å²) in [5, 5.41) is 1.34. The molecule has 0 saturated heterocycles. The van der Waals surface area contributed by atoms with Crippen LogP contribution in [-0.4, -0.2) is 4.98 Å². The van der Waals surface area contributed by atoms with E-state index in [2.05, 4.69) is 55.9 Å². The maximum Gasteiger partial charge on any atom is 0.0456 e. The molecule has 1 atom stereocenters. The lowest BCUT2D eigenvalue weighted by Crippen LogP contribution is -1.99. The van der Waals surface area contributed by atoms with Crippen molar-refractivity contribution in [2.24, 2.45) is 5.92 Å². The summed E-state index contributed by atoms with van der Waals surface area (Å²) in [6, 6.07) is 8.44. The van der Waals surface area contributed by atoms with E-state index in [1.165, 1.54) is 22.0 Å².